The van der Waals surface area contributed by atoms with Crippen molar-refractivity contribution < 1.29 is 20.4 Å². The number of rotatable bonds is 8. The Hall–Kier alpha value is -1.16. The number of aromatic nitrogens is 2. The summed E-state index contributed by atoms with van der Waals surface area (Å²) in [5, 5.41) is 38.6. The van der Waals surface area contributed by atoms with Gasteiger partial charge in [0.05, 0.1) is 25.5 Å². The normalized spacial score (nSPS) is 12.7. The van der Waals surface area contributed by atoms with Crippen LogP contribution in [0.2, 0.25) is 0 Å². The van der Waals surface area contributed by atoms with Crippen molar-refractivity contribution in [1.82, 2.24) is 18.9 Å². The van der Waals surface area contributed by atoms with Crippen molar-refractivity contribution in [2.45, 2.75) is 13.8 Å². The van der Waals surface area contributed by atoms with Crippen LogP contribution >= 0.6 is 0 Å². The lowest BCUT2D eigenvalue weighted by Gasteiger charge is -2.36. The van der Waals surface area contributed by atoms with Crippen LogP contribution in [0.3, 0.4) is 0 Å². The number of quaternary nitrogens is 2. The molecule has 0 spiro atoms. The molecular weight excluding hydrogens is 264 g/mol. The van der Waals surface area contributed by atoms with Crippen LogP contribution in [-0.4, -0.2) is 70.4 Å². The minimum Gasteiger partial charge on any atom is -0.347 e. The molecule has 0 saturated carbocycles. The molecule has 4 N–H and O–H groups in total. The minimum atomic E-state index is -0.348. The van der Waals surface area contributed by atoms with E-state index >= 15 is 0 Å². The Kier molecular flexibility index (Phi) is 5.93. The lowest BCUT2D eigenvalue weighted by Crippen LogP contribution is -2.56. The van der Waals surface area contributed by atoms with E-state index in [4.69, 9.17) is 0 Å². The summed E-state index contributed by atoms with van der Waals surface area (Å²) in [4.78, 5) is 8.45. The fraction of sp³-hybridized carbons (Fsp3) is 0.667. The van der Waals surface area contributed by atoms with Crippen LogP contribution in [0.15, 0.2) is 12.4 Å². The van der Waals surface area contributed by atoms with Crippen molar-refractivity contribution in [3.63, 3.8) is 0 Å². The summed E-state index contributed by atoms with van der Waals surface area (Å²) in [5.41, 5.74) is 0. The summed E-state index contributed by atoms with van der Waals surface area (Å²) in [6, 6.07) is 0. The predicted molar refractivity (Wildman–Crippen MR) is 75.0 cm³/mol. The largest absolute Gasteiger partial charge is 0.347 e. The van der Waals surface area contributed by atoms with Crippen LogP contribution in [-0.2, 0) is 0 Å². The molecule has 0 amide bonds. The predicted octanol–water partition coefficient (Wildman–Crippen LogP) is -1.07. The van der Waals surface area contributed by atoms with Gasteiger partial charge in [-0.05, 0) is 13.8 Å². The zero-order valence-electron chi connectivity index (χ0n) is 12.0. The third-order valence-corrected chi connectivity index (χ3v) is 3.85. The Morgan fingerprint density at radius 2 is 1.05 bits per heavy atom. The van der Waals surface area contributed by atoms with Crippen molar-refractivity contribution in [3.8, 4) is 0 Å². The second-order valence-corrected chi connectivity index (χ2v) is 4.69. The maximum atomic E-state index is 9.65. The van der Waals surface area contributed by atoms with Crippen molar-refractivity contribution in [1.29, 1.82) is 0 Å². The van der Waals surface area contributed by atoms with Gasteiger partial charge >= 0.3 is 11.6 Å². The first-order valence-electron chi connectivity index (χ1n) is 6.57. The van der Waals surface area contributed by atoms with Crippen LogP contribution < -0.4 is 8.97 Å². The number of aliphatic hydroxyl groups excluding tert-OH is 4. The fourth-order valence-corrected chi connectivity index (χ4v) is 2.05. The molecule has 1 rings (SSSR count). The molecule has 0 unspecified atom stereocenters. The molecule has 0 aliphatic heterocycles. The highest BCUT2D eigenvalue weighted by Crippen LogP contribution is 2.33. The minimum absolute atomic E-state index is 0.191. The number of nitrogens with zero attached hydrogens (tertiary/aromatic N) is 4. The Morgan fingerprint density at radius 3 is 1.25 bits per heavy atom. The molecule has 0 saturated heterocycles. The lowest BCUT2D eigenvalue weighted by molar-refractivity contribution is 0.0194. The van der Waals surface area contributed by atoms with Crippen molar-refractivity contribution in [3.05, 3.63) is 12.4 Å². The Balaban J connectivity index is 3.51. The number of aliphatic hydroxyl groups is 4. The smallest absolute Gasteiger partial charge is 0.315 e. The summed E-state index contributed by atoms with van der Waals surface area (Å²) < 4.78 is -0.383. The first kappa shape index (κ1) is 16.9. The van der Waals surface area contributed by atoms with Gasteiger partial charge in [0.1, 0.15) is 0 Å². The summed E-state index contributed by atoms with van der Waals surface area (Å²) in [6.07, 6.45) is 2.93. The van der Waals surface area contributed by atoms with E-state index in [1.54, 1.807) is 0 Å². The van der Waals surface area contributed by atoms with E-state index in [-0.39, 0.29) is 35.9 Å². The third-order valence-electron chi connectivity index (χ3n) is 3.85. The summed E-state index contributed by atoms with van der Waals surface area (Å²) in [7, 11) is 0. The summed E-state index contributed by atoms with van der Waals surface area (Å²) >= 11 is 0. The van der Waals surface area contributed by atoms with Gasteiger partial charge in [-0.3, -0.25) is 0 Å². The van der Waals surface area contributed by atoms with E-state index < -0.39 is 0 Å². The lowest BCUT2D eigenvalue weighted by atomic mass is 10.3. The molecule has 0 bridgehead atoms. The molecule has 114 valence electrons. The van der Waals surface area contributed by atoms with Gasteiger partial charge < -0.3 is 20.4 Å². The van der Waals surface area contributed by atoms with Gasteiger partial charge in [-0.15, -0.1) is 0 Å². The molecule has 0 aliphatic carbocycles. The first-order chi connectivity index (χ1) is 9.59. The van der Waals surface area contributed by atoms with Gasteiger partial charge in [0.25, 0.3) is 0 Å². The average molecular weight is 288 g/mol. The number of hydrogen-bond donors (Lipinski definition) is 4. The van der Waals surface area contributed by atoms with Gasteiger partial charge in [0, 0.05) is 0 Å². The van der Waals surface area contributed by atoms with Gasteiger partial charge in [-0.25, -0.2) is 8.97 Å². The van der Waals surface area contributed by atoms with Crippen molar-refractivity contribution in [2.75, 3.05) is 40.0 Å². The fourth-order valence-electron chi connectivity index (χ4n) is 2.05. The molecular formula is C12H24N4O4+2. The van der Waals surface area contributed by atoms with Crippen LogP contribution in [0.4, 0.5) is 11.6 Å². The highest BCUT2D eigenvalue weighted by Gasteiger charge is 2.42. The van der Waals surface area contributed by atoms with Gasteiger partial charge in [0.15, 0.2) is 26.9 Å². The molecule has 0 fully saturated rings. The second-order valence-electron chi connectivity index (χ2n) is 4.69. The molecule has 0 aliphatic rings. The van der Waals surface area contributed by atoms with Gasteiger partial charge in [-0.2, -0.15) is 9.97 Å². The molecule has 1 aromatic rings. The Morgan fingerprint density at radius 1 is 0.750 bits per heavy atom. The maximum absolute atomic E-state index is 9.65. The Bertz CT molecular complexity index is 366. The van der Waals surface area contributed by atoms with E-state index in [1.807, 2.05) is 13.8 Å². The third kappa shape index (κ3) is 2.66. The van der Waals surface area contributed by atoms with Crippen LogP contribution in [0.5, 0.6) is 0 Å². The summed E-state index contributed by atoms with van der Waals surface area (Å²) in [5.74, 6) is 0.704. The van der Waals surface area contributed by atoms with Gasteiger partial charge in [0.2, 0.25) is 0 Å². The van der Waals surface area contributed by atoms with E-state index in [1.165, 1.54) is 12.4 Å². The van der Waals surface area contributed by atoms with Crippen molar-refractivity contribution in [2.24, 2.45) is 0 Å². The maximum Gasteiger partial charge on any atom is 0.315 e. The molecule has 20 heavy (non-hydrogen) atoms. The van der Waals surface area contributed by atoms with Crippen LogP contribution in [0.25, 0.3) is 0 Å². The topological polar surface area (TPSA) is 107 Å². The molecule has 8 nitrogen and oxygen atoms in total. The molecule has 1 heterocycles. The molecule has 0 aromatic carbocycles. The zero-order valence-corrected chi connectivity index (χ0v) is 12.0. The SMILES string of the molecule is CC[N+](CO)(CO)c1nccnc1[N+](CC)(CO)CO. The summed E-state index contributed by atoms with van der Waals surface area (Å²) in [6.45, 7) is 3.03. The highest BCUT2D eigenvalue weighted by molar-refractivity contribution is 5.57. The molecule has 0 radical (unpaired) electrons. The van der Waals surface area contributed by atoms with Crippen LogP contribution in [0.1, 0.15) is 13.8 Å². The van der Waals surface area contributed by atoms with Crippen molar-refractivity contribution >= 4 is 11.6 Å². The van der Waals surface area contributed by atoms with E-state index in [9.17, 15) is 20.4 Å². The highest BCUT2D eigenvalue weighted by atomic mass is 16.3. The van der Waals surface area contributed by atoms with E-state index in [0.29, 0.717) is 24.7 Å². The van der Waals surface area contributed by atoms with Gasteiger partial charge in [-0.1, -0.05) is 0 Å². The zero-order chi connectivity index (χ0) is 15.2. The molecule has 1 aromatic heterocycles. The van der Waals surface area contributed by atoms with Crippen LogP contribution in [0, 0.1) is 0 Å². The Labute approximate surface area is 118 Å². The van der Waals surface area contributed by atoms with E-state index in [0.717, 1.165) is 0 Å². The standard InChI is InChI=1S/C12H24N4O4/c1-3-15(7-17,8-18)11-12(14-6-5-13-11)16(4-2,9-19)10-20/h5-6,17-20H,3-4,7-10H2,1-2H3/q+2. The first-order valence-corrected chi connectivity index (χ1v) is 6.57. The molecule has 0 atom stereocenters. The average Bonchev–Trinajstić information content (AvgIpc) is 2.53. The quantitative estimate of drug-likeness (QED) is 0.358. The van der Waals surface area contributed by atoms with E-state index in [2.05, 4.69) is 9.97 Å². The number of hydrogen-bond acceptors (Lipinski definition) is 6. The monoisotopic (exact) mass is 288 g/mol. The molecule has 8 heteroatoms. The second kappa shape index (κ2) is 7.02.